The van der Waals surface area contributed by atoms with E-state index < -0.39 is 0 Å². The highest BCUT2D eigenvalue weighted by atomic mass is 16.3. The number of fused-ring (bicyclic) bond motifs is 3. The molecule has 0 radical (unpaired) electrons. The van der Waals surface area contributed by atoms with Gasteiger partial charge in [0.25, 0.3) is 0 Å². The first-order valence-electron chi connectivity index (χ1n) is 7.39. The Morgan fingerprint density at radius 2 is 2.10 bits per heavy atom. The lowest BCUT2D eigenvalue weighted by atomic mass is 9.83. The summed E-state index contributed by atoms with van der Waals surface area (Å²) < 4.78 is 2.25. The lowest BCUT2D eigenvalue weighted by Gasteiger charge is -2.30. The van der Waals surface area contributed by atoms with Crippen molar-refractivity contribution in [2.45, 2.75) is 38.8 Å². The van der Waals surface area contributed by atoms with Crippen LogP contribution in [0.25, 0.3) is 11.3 Å². The highest BCUT2D eigenvalue weighted by Gasteiger charge is 2.47. The van der Waals surface area contributed by atoms with Crippen molar-refractivity contribution in [2.24, 2.45) is 11.3 Å². The summed E-state index contributed by atoms with van der Waals surface area (Å²) in [4.78, 5) is 4.31. The van der Waals surface area contributed by atoms with E-state index >= 15 is 0 Å². The number of nitrogens with zero attached hydrogens (tertiary/aromatic N) is 2. The predicted octanol–water partition coefficient (Wildman–Crippen LogP) is 3.25. The maximum absolute atomic E-state index is 10.7. The molecule has 3 nitrogen and oxygen atoms in total. The van der Waals surface area contributed by atoms with E-state index in [-0.39, 0.29) is 23.5 Å². The maximum Gasteiger partial charge on any atom is 0.0956 e. The molecule has 1 aliphatic heterocycles. The molecule has 4 rings (SSSR count). The SMILES string of the molecule is CC1(C)CC[C@@H]([C@@H]2c3ccccc3-c3cncn32)[C@H]1O. The summed E-state index contributed by atoms with van der Waals surface area (Å²) >= 11 is 0. The van der Waals surface area contributed by atoms with E-state index in [4.69, 9.17) is 0 Å². The average molecular weight is 268 g/mol. The number of benzene rings is 1. The summed E-state index contributed by atoms with van der Waals surface area (Å²) in [6.07, 6.45) is 5.75. The molecule has 1 aliphatic carbocycles. The molecule has 20 heavy (non-hydrogen) atoms. The van der Waals surface area contributed by atoms with E-state index in [1.165, 1.54) is 16.8 Å². The number of rotatable bonds is 1. The number of aliphatic hydroxyl groups is 1. The second-order valence-corrected chi connectivity index (χ2v) is 6.85. The van der Waals surface area contributed by atoms with Gasteiger partial charge in [-0.3, -0.25) is 0 Å². The zero-order valence-corrected chi connectivity index (χ0v) is 12.0. The van der Waals surface area contributed by atoms with Gasteiger partial charge in [0, 0.05) is 11.5 Å². The molecule has 1 aromatic heterocycles. The highest BCUT2D eigenvalue weighted by Crippen LogP contribution is 2.52. The Bertz CT molecular complexity index is 659. The van der Waals surface area contributed by atoms with E-state index in [1.807, 2.05) is 12.5 Å². The monoisotopic (exact) mass is 268 g/mol. The van der Waals surface area contributed by atoms with Gasteiger partial charge in [0.1, 0.15) is 0 Å². The first-order valence-corrected chi connectivity index (χ1v) is 7.39. The third-order valence-corrected chi connectivity index (χ3v) is 5.25. The number of hydrogen-bond acceptors (Lipinski definition) is 2. The molecule has 0 saturated heterocycles. The fourth-order valence-corrected chi connectivity index (χ4v) is 4.06. The largest absolute Gasteiger partial charge is 0.392 e. The second kappa shape index (κ2) is 3.95. The third kappa shape index (κ3) is 1.47. The van der Waals surface area contributed by atoms with Crippen molar-refractivity contribution >= 4 is 0 Å². The lowest BCUT2D eigenvalue weighted by molar-refractivity contribution is 0.0344. The Balaban J connectivity index is 1.84. The van der Waals surface area contributed by atoms with Gasteiger partial charge in [-0.1, -0.05) is 38.1 Å². The van der Waals surface area contributed by atoms with Crippen molar-refractivity contribution in [3.05, 3.63) is 42.4 Å². The van der Waals surface area contributed by atoms with E-state index in [1.54, 1.807) is 0 Å². The highest BCUT2D eigenvalue weighted by molar-refractivity contribution is 5.69. The molecular weight excluding hydrogens is 248 g/mol. The minimum absolute atomic E-state index is 0.0168. The Hall–Kier alpha value is -1.61. The van der Waals surface area contributed by atoms with Crippen molar-refractivity contribution in [3.8, 4) is 11.3 Å². The van der Waals surface area contributed by atoms with Crippen LogP contribution in [-0.2, 0) is 0 Å². The molecule has 0 unspecified atom stereocenters. The van der Waals surface area contributed by atoms with Gasteiger partial charge in [-0.15, -0.1) is 0 Å². The molecule has 104 valence electrons. The van der Waals surface area contributed by atoms with Crippen LogP contribution in [0.3, 0.4) is 0 Å². The molecule has 2 aromatic rings. The van der Waals surface area contributed by atoms with Crippen molar-refractivity contribution in [1.29, 1.82) is 0 Å². The lowest BCUT2D eigenvalue weighted by Crippen LogP contribution is -2.32. The molecule has 1 fully saturated rings. The molecule has 0 amide bonds. The fourth-order valence-electron chi connectivity index (χ4n) is 4.06. The van der Waals surface area contributed by atoms with Gasteiger partial charge in [-0.25, -0.2) is 4.98 Å². The van der Waals surface area contributed by atoms with Crippen molar-refractivity contribution in [2.75, 3.05) is 0 Å². The zero-order valence-electron chi connectivity index (χ0n) is 12.0. The Labute approximate surface area is 119 Å². The average Bonchev–Trinajstić information content (AvgIpc) is 3.07. The molecule has 1 saturated carbocycles. The van der Waals surface area contributed by atoms with E-state index in [0.717, 1.165) is 12.8 Å². The fraction of sp³-hybridized carbons (Fsp3) is 0.471. The van der Waals surface area contributed by atoms with Crippen LogP contribution in [-0.4, -0.2) is 20.8 Å². The number of aliphatic hydroxyl groups excluding tert-OH is 1. The maximum atomic E-state index is 10.7. The summed E-state index contributed by atoms with van der Waals surface area (Å²) in [5.74, 6) is 0.279. The summed E-state index contributed by atoms with van der Waals surface area (Å²) in [6, 6.07) is 8.77. The molecular formula is C17H20N2O. The minimum Gasteiger partial charge on any atom is -0.392 e. The normalized spacial score (nSPS) is 30.2. The van der Waals surface area contributed by atoms with Crippen molar-refractivity contribution < 1.29 is 5.11 Å². The second-order valence-electron chi connectivity index (χ2n) is 6.85. The summed E-state index contributed by atoms with van der Waals surface area (Å²) in [5.41, 5.74) is 3.81. The van der Waals surface area contributed by atoms with Gasteiger partial charge in [-0.2, -0.15) is 0 Å². The Morgan fingerprint density at radius 1 is 1.30 bits per heavy atom. The number of aromatic nitrogens is 2. The van der Waals surface area contributed by atoms with Crippen LogP contribution in [0.15, 0.2) is 36.8 Å². The quantitative estimate of drug-likeness (QED) is 0.862. The Kier molecular flexibility index (Phi) is 2.40. The van der Waals surface area contributed by atoms with Gasteiger partial charge in [0.15, 0.2) is 0 Å². The molecule has 2 aliphatic rings. The number of imidazole rings is 1. The standard InChI is InChI=1S/C17H20N2O/c1-17(2)8-7-13(16(17)20)15-12-6-4-3-5-11(12)14-9-18-10-19(14)15/h3-6,9-10,13,15-16,20H,7-8H2,1-2H3/t13-,15-,16+/m0/s1. The van der Waals surface area contributed by atoms with Gasteiger partial charge >= 0.3 is 0 Å². The summed E-state index contributed by atoms with van der Waals surface area (Å²) in [5, 5.41) is 10.7. The first kappa shape index (κ1) is 12.2. The third-order valence-electron chi connectivity index (χ3n) is 5.25. The first-order chi connectivity index (χ1) is 9.59. The molecule has 2 heterocycles. The zero-order chi connectivity index (χ0) is 13.9. The van der Waals surface area contributed by atoms with Crippen LogP contribution >= 0.6 is 0 Å². The van der Waals surface area contributed by atoms with E-state index in [9.17, 15) is 5.11 Å². The predicted molar refractivity (Wildman–Crippen MR) is 78.3 cm³/mol. The molecule has 1 N–H and O–H groups in total. The van der Waals surface area contributed by atoms with Crippen LogP contribution in [0, 0.1) is 11.3 Å². The topological polar surface area (TPSA) is 38.0 Å². The van der Waals surface area contributed by atoms with Gasteiger partial charge < -0.3 is 9.67 Å². The molecule has 3 heteroatoms. The van der Waals surface area contributed by atoms with Crippen molar-refractivity contribution in [3.63, 3.8) is 0 Å². The van der Waals surface area contributed by atoms with Gasteiger partial charge in [0.05, 0.1) is 30.4 Å². The van der Waals surface area contributed by atoms with Gasteiger partial charge in [0.2, 0.25) is 0 Å². The molecule has 1 aromatic carbocycles. The number of hydrogen-bond donors (Lipinski definition) is 1. The van der Waals surface area contributed by atoms with E-state index in [2.05, 4.69) is 47.7 Å². The molecule has 3 atom stereocenters. The van der Waals surface area contributed by atoms with Crippen LogP contribution in [0.2, 0.25) is 0 Å². The minimum atomic E-state index is -0.256. The van der Waals surface area contributed by atoms with Crippen LogP contribution in [0.5, 0.6) is 0 Å². The van der Waals surface area contributed by atoms with Crippen LogP contribution in [0.4, 0.5) is 0 Å². The summed E-state index contributed by atoms with van der Waals surface area (Å²) in [7, 11) is 0. The smallest absolute Gasteiger partial charge is 0.0956 e. The van der Waals surface area contributed by atoms with E-state index in [0.29, 0.717) is 0 Å². The van der Waals surface area contributed by atoms with Crippen molar-refractivity contribution in [1.82, 2.24) is 9.55 Å². The molecule has 0 spiro atoms. The molecule has 0 bridgehead atoms. The Morgan fingerprint density at radius 3 is 2.85 bits per heavy atom. The summed E-state index contributed by atoms with van der Waals surface area (Å²) in [6.45, 7) is 4.35. The van der Waals surface area contributed by atoms with Gasteiger partial charge in [-0.05, 0) is 23.8 Å². The van der Waals surface area contributed by atoms with Crippen LogP contribution in [0.1, 0.15) is 38.3 Å². The van der Waals surface area contributed by atoms with Crippen LogP contribution < -0.4 is 0 Å².